The summed E-state index contributed by atoms with van der Waals surface area (Å²) in [4.78, 5) is 16.5. The van der Waals surface area contributed by atoms with E-state index >= 15 is 0 Å². The van der Waals surface area contributed by atoms with E-state index in [1.54, 1.807) is 0 Å². The number of alkyl halides is 3. The maximum absolute atomic E-state index is 12.4. The molecule has 2 N–H and O–H groups in total. The molecule has 2 rings (SSSR count). The first-order valence-corrected chi connectivity index (χ1v) is 9.15. The average molecular weight is 528 g/mol. The van der Waals surface area contributed by atoms with Gasteiger partial charge < -0.3 is 20.3 Å². The molecule has 1 aliphatic rings. The van der Waals surface area contributed by atoms with Gasteiger partial charge in [0.05, 0.1) is 13.2 Å². The van der Waals surface area contributed by atoms with E-state index < -0.39 is 18.6 Å². The van der Waals surface area contributed by atoms with Crippen molar-refractivity contribution in [2.24, 2.45) is 10.9 Å². The third-order valence-electron chi connectivity index (χ3n) is 4.31. The molecule has 1 aromatic carbocycles. The lowest BCUT2D eigenvalue weighted by atomic mass is 10.1. The number of benzene rings is 1. The van der Waals surface area contributed by atoms with Crippen LogP contribution in [0.2, 0.25) is 0 Å². The first-order valence-electron chi connectivity index (χ1n) is 9.15. The van der Waals surface area contributed by atoms with Crippen LogP contribution in [0, 0.1) is 12.8 Å². The number of ether oxygens (including phenoxy) is 1. The molecule has 1 aliphatic carbocycles. The summed E-state index contributed by atoms with van der Waals surface area (Å²) in [5, 5.41) is 5.79. The molecule has 0 heterocycles. The summed E-state index contributed by atoms with van der Waals surface area (Å²) < 4.78 is 43.0. The Balaban J connectivity index is 0.00000420. The Morgan fingerprint density at radius 3 is 2.59 bits per heavy atom. The Bertz CT molecular complexity index is 709. The number of hydrogen-bond donors (Lipinski definition) is 2. The number of halogens is 4. The highest BCUT2D eigenvalue weighted by Gasteiger charge is 2.31. The van der Waals surface area contributed by atoms with Crippen molar-refractivity contribution in [1.29, 1.82) is 0 Å². The van der Waals surface area contributed by atoms with E-state index in [2.05, 4.69) is 15.6 Å². The Morgan fingerprint density at radius 1 is 1.31 bits per heavy atom. The first kappa shape index (κ1) is 25.3. The van der Waals surface area contributed by atoms with Crippen molar-refractivity contribution < 1.29 is 22.7 Å². The van der Waals surface area contributed by atoms with Crippen LogP contribution in [0.1, 0.15) is 24.0 Å². The molecular formula is C19H28F3IN4O2. The van der Waals surface area contributed by atoms with Gasteiger partial charge >= 0.3 is 6.18 Å². The van der Waals surface area contributed by atoms with Gasteiger partial charge in [0.25, 0.3) is 0 Å². The molecule has 0 radical (unpaired) electrons. The highest BCUT2D eigenvalue weighted by Crippen LogP contribution is 2.30. The average Bonchev–Trinajstić information content (AvgIpc) is 3.44. The maximum Gasteiger partial charge on any atom is 0.406 e. The highest BCUT2D eigenvalue weighted by molar-refractivity contribution is 14.0. The van der Waals surface area contributed by atoms with Crippen molar-refractivity contribution in [3.8, 4) is 5.75 Å². The lowest BCUT2D eigenvalue weighted by Gasteiger charge is -2.20. The van der Waals surface area contributed by atoms with Crippen LogP contribution in [-0.2, 0) is 11.3 Å². The van der Waals surface area contributed by atoms with Gasteiger partial charge in [0, 0.05) is 26.2 Å². The number of likely N-dealkylation sites (N-methyl/N-ethyl adjacent to an activating group) is 1. The Hall–Kier alpha value is -1.72. The number of hydrogen-bond acceptors (Lipinski definition) is 3. The van der Waals surface area contributed by atoms with Gasteiger partial charge in [-0.15, -0.1) is 24.0 Å². The second-order valence-corrected chi connectivity index (χ2v) is 7.01. The molecule has 1 aromatic rings. The minimum Gasteiger partial charge on any atom is -0.493 e. The van der Waals surface area contributed by atoms with Crippen molar-refractivity contribution in [3.05, 3.63) is 29.3 Å². The lowest BCUT2D eigenvalue weighted by Crippen LogP contribution is -2.45. The van der Waals surface area contributed by atoms with Crippen molar-refractivity contribution >= 4 is 35.8 Å². The van der Waals surface area contributed by atoms with Crippen LogP contribution in [0.15, 0.2) is 23.2 Å². The number of nitrogens with zero attached hydrogens (tertiary/aromatic N) is 2. The van der Waals surface area contributed by atoms with E-state index in [1.165, 1.54) is 19.9 Å². The smallest absolute Gasteiger partial charge is 0.406 e. The quantitative estimate of drug-likeness (QED) is 0.310. The zero-order valence-corrected chi connectivity index (χ0v) is 19.1. The van der Waals surface area contributed by atoms with Gasteiger partial charge in [0.1, 0.15) is 12.3 Å². The number of aryl methyl sites for hydroxylation is 1. The van der Waals surface area contributed by atoms with Gasteiger partial charge in [0.2, 0.25) is 5.91 Å². The van der Waals surface area contributed by atoms with Crippen molar-refractivity contribution in [1.82, 2.24) is 15.5 Å². The predicted molar refractivity (Wildman–Crippen MR) is 117 cm³/mol. The van der Waals surface area contributed by atoms with E-state index in [9.17, 15) is 18.0 Å². The summed E-state index contributed by atoms with van der Waals surface area (Å²) in [6.07, 6.45) is -2.02. The molecule has 29 heavy (non-hydrogen) atoms. The second-order valence-electron chi connectivity index (χ2n) is 7.01. The maximum atomic E-state index is 12.4. The van der Waals surface area contributed by atoms with Crippen LogP contribution in [-0.4, -0.2) is 56.7 Å². The number of carbonyl (C=O) groups is 1. The molecule has 0 unspecified atom stereocenters. The van der Waals surface area contributed by atoms with Gasteiger partial charge in [0.15, 0.2) is 5.96 Å². The van der Waals surface area contributed by atoms with E-state index in [0.717, 1.165) is 23.9 Å². The van der Waals surface area contributed by atoms with Crippen LogP contribution >= 0.6 is 24.0 Å². The van der Waals surface area contributed by atoms with Gasteiger partial charge in [-0.2, -0.15) is 13.2 Å². The summed E-state index contributed by atoms with van der Waals surface area (Å²) in [6, 6.07) is 5.91. The summed E-state index contributed by atoms with van der Waals surface area (Å²) in [5.74, 6) is 1.08. The summed E-state index contributed by atoms with van der Waals surface area (Å²) in [7, 11) is 2.64. The van der Waals surface area contributed by atoms with E-state index in [1.807, 2.05) is 25.1 Å². The molecule has 10 heteroatoms. The van der Waals surface area contributed by atoms with Crippen LogP contribution in [0.3, 0.4) is 0 Å². The molecule has 164 valence electrons. The molecule has 0 saturated heterocycles. The SMILES string of the molecule is CN=C(NCC(=O)N(C)CC(F)(F)F)NCc1ccc(C)cc1OCC1CC1.I. The Labute approximate surface area is 186 Å². The van der Waals surface area contributed by atoms with E-state index in [4.69, 9.17) is 4.74 Å². The third-order valence-corrected chi connectivity index (χ3v) is 4.31. The monoisotopic (exact) mass is 528 g/mol. The van der Waals surface area contributed by atoms with Gasteiger partial charge in [-0.3, -0.25) is 9.79 Å². The molecule has 0 aliphatic heterocycles. The van der Waals surface area contributed by atoms with Crippen molar-refractivity contribution in [3.63, 3.8) is 0 Å². The fourth-order valence-electron chi connectivity index (χ4n) is 2.49. The summed E-state index contributed by atoms with van der Waals surface area (Å²) in [5.41, 5.74) is 2.03. The van der Waals surface area contributed by atoms with Crippen molar-refractivity contribution in [2.75, 3.05) is 33.8 Å². The molecule has 0 atom stereocenters. The number of carbonyl (C=O) groups excluding carboxylic acids is 1. The van der Waals surface area contributed by atoms with Gasteiger partial charge in [-0.05, 0) is 37.3 Å². The minimum atomic E-state index is -4.42. The Morgan fingerprint density at radius 2 is 2.00 bits per heavy atom. The second kappa shape index (κ2) is 11.5. The minimum absolute atomic E-state index is 0. The fourth-order valence-corrected chi connectivity index (χ4v) is 2.49. The number of amides is 1. The topological polar surface area (TPSA) is 66.0 Å². The molecule has 0 spiro atoms. The normalized spacial score (nSPS) is 14.1. The standard InChI is InChI=1S/C19H27F3N4O2.HI/c1-13-4-7-15(16(8-13)28-11-14-5-6-14)9-24-18(23-2)25-10-17(27)26(3)12-19(20,21)22;/h4,7-8,14H,5-6,9-12H2,1-3H3,(H2,23,24,25);1H. The van der Waals surface area contributed by atoms with E-state index in [-0.39, 0.29) is 30.5 Å². The number of nitrogens with one attached hydrogen (secondary N) is 2. The van der Waals surface area contributed by atoms with Crippen LogP contribution in [0.5, 0.6) is 5.75 Å². The first-order chi connectivity index (χ1) is 13.2. The zero-order valence-electron chi connectivity index (χ0n) is 16.8. The lowest BCUT2D eigenvalue weighted by molar-refractivity contribution is -0.157. The third kappa shape index (κ3) is 9.55. The number of aliphatic imine (C=N–C) groups is 1. The molecule has 6 nitrogen and oxygen atoms in total. The zero-order chi connectivity index (χ0) is 20.7. The van der Waals surface area contributed by atoms with Gasteiger partial charge in [-0.25, -0.2) is 0 Å². The molecule has 1 amide bonds. The van der Waals surface area contributed by atoms with Crippen LogP contribution in [0.4, 0.5) is 13.2 Å². The van der Waals surface area contributed by atoms with Crippen LogP contribution in [0.25, 0.3) is 0 Å². The predicted octanol–water partition coefficient (Wildman–Crippen LogP) is 3.09. The molecule has 0 aromatic heterocycles. The fraction of sp³-hybridized carbons (Fsp3) is 0.579. The molecule has 0 bridgehead atoms. The number of guanidine groups is 1. The highest BCUT2D eigenvalue weighted by atomic mass is 127. The molecule has 1 saturated carbocycles. The number of rotatable bonds is 8. The van der Waals surface area contributed by atoms with Crippen LogP contribution < -0.4 is 15.4 Å². The van der Waals surface area contributed by atoms with Crippen molar-refractivity contribution in [2.45, 2.75) is 32.5 Å². The molecular weight excluding hydrogens is 500 g/mol. The summed E-state index contributed by atoms with van der Waals surface area (Å²) >= 11 is 0. The van der Waals surface area contributed by atoms with E-state index in [0.29, 0.717) is 29.9 Å². The van der Waals surface area contributed by atoms with Gasteiger partial charge in [-0.1, -0.05) is 12.1 Å². The largest absolute Gasteiger partial charge is 0.493 e. The summed E-state index contributed by atoms with van der Waals surface area (Å²) in [6.45, 7) is 1.52. The Kier molecular flexibility index (Phi) is 10.0. The molecule has 1 fully saturated rings.